The van der Waals surface area contributed by atoms with Gasteiger partial charge in [-0.15, -0.1) is 0 Å². The molecule has 0 saturated heterocycles. The van der Waals surface area contributed by atoms with Crippen molar-refractivity contribution in [2.24, 2.45) is 0 Å². The molecule has 0 amide bonds. The molecule has 0 spiro atoms. The highest BCUT2D eigenvalue weighted by Gasteiger charge is 2.16. The third kappa shape index (κ3) is 1.69. The van der Waals surface area contributed by atoms with Crippen LogP contribution in [0.5, 0.6) is 0 Å². The summed E-state index contributed by atoms with van der Waals surface area (Å²) in [6.45, 7) is 0. The molecule has 0 aliphatic carbocycles. The van der Waals surface area contributed by atoms with Crippen LogP contribution in [-0.2, 0) is 0 Å². The number of oxazole rings is 1. The highest BCUT2D eigenvalue weighted by molar-refractivity contribution is 5.57. The first-order chi connectivity index (χ1) is 7.18. The number of nitro benzene ring substituents is 1. The molecule has 0 unspecified atom stereocenters. The van der Waals surface area contributed by atoms with Crippen LogP contribution >= 0.6 is 0 Å². The van der Waals surface area contributed by atoms with Crippen molar-refractivity contribution in [1.29, 1.82) is 0 Å². The highest BCUT2D eigenvalue weighted by Crippen LogP contribution is 2.24. The molecule has 5 nitrogen and oxygen atoms in total. The van der Waals surface area contributed by atoms with Gasteiger partial charge in [-0.1, -0.05) is 0 Å². The first-order valence-electron chi connectivity index (χ1n) is 4.02. The van der Waals surface area contributed by atoms with Gasteiger partial charge in [0.05, 0.1) is 11.1 Å². The molecule has 2 rings (SSSR count). The van der Waals surface area contributed by atoms with Crippen molar-refractivity contribution in [3.05, 3.63) is 46.6 Å². The fourth-order valence-corrected chi connectivity index (χ4v) is 1.15. The van der Waals surface area contributed by atoms with Gasteiger partial charge in [-0.25, -0.2) is 4.98 Å². The van der Waals surface area contributed by atoms with Gasteiger partial charge in [-0.05, 0) is 12.1 Å². The summed E-state index contributed by atoms with van der Waals surface area (Å²) in [5, 5.41) is 10.5. The number of halogens is 1. The largest absolute Gasteiger partial charge is 0.445 e. The van der Waals surface area contributed by atoms with E-state index in [2.05, 4.69) is 4.98 Å². The van der Waals surface area contributed by atoms with Crippen LogP contribution in [0.15, 0.2) is 35.1 Å². The Hall–Kier alpha value is -2.24. The summed E-state index contributed by atoms with van der Waals surface area (Å²) in [6, 6.07) is 3.47. The molecule has 0 radical (unpaired) electrons. The normalized spacial score (nSPS) is 10.2. The van der Waals surface area contributed by atoms with E-state index < -0.39 is 16.4 Å². The highest BCUT2D eigenvalue weighted by atomic mass is 19.1. The molecule has 0 saturated carbocycles. The van der Waals surface area contributed by atoms with Crippen LogP contribution in [0.3, 0.4) is 0 Å². The second-order valence-corrected chi connectivity index (χ2v) is 2.76. The lowest BCUT2D eigenvalue weighted by atomic mass is 10.2. The van der Waals surface area contributed by atoms with E-state index in [0.29, 0.717) is 5.56 Å². The second kappa shape index (κ2) is 3.49. The van der Waals surface area contributed by atoms with E-state index >= 15 is 0 Å². The zero-order valence-corrected chi connectivity index (χ0v) is 7.38. The number of aromatic nitrogens is 1. The molecular formula is C9H5FN2O3. The van der Waals surface area contributed by atoms with Gasteiger partial charge in [-0.3, -0.25) is 10.1 Å². The minimum absolute atomic E-state index is 0.220. The molecule has 1 heterocycles. The van der Waals surface area contributed by atoms with Gasteiger partial charge in [0, 0.05) is 11.6 Å². The standard InChI is InChI=1S/C9H5FN2O3/c10-7-2-1-6(5-8(7)12(13)14)9-11-3-4-15-9/h1-5H. The fourth-order valence-electron chi connectivity index (χ4n) is 1.15. The Morgan fingerprint density at radius 3 is 2.87 bits per heavy atom. The van der Waals surface area contributed by atoms with Gasteiger partial charge >= 0.3 is 5.69 Å². The summed E-state index contributed by atoms with van der Waals surface area (Å²) in [7, 11) is 0. The minimum Gasteiger partial charge on any atom is -0.445 e. The topological polar surface area (TPSA) is 69.2 Å². The average Bonchev–Trinajstić information content (AvgIpc) is 2.71. The molecular weight excluding hydrogens is 203 g/mol. The maximum absolute atomic E-state index is 13.0. The van der Waals surface area contributed by atoms with Crippen molar-refractivity contribution in [3.8, 4) is 11.5 Å². The van der Waals surface area contributed by atoms with Crippen molar-refractivity contribution in [3.63, 3.8) is 0 Å². The Bertz CT molecular complexity index is 496. The summed E-state index contributed by atoms with van der Waals surface area (Å²) < 4.78 is 17.9. The molecule has 0 N–H and O–H groups in total. The van der Waals surface area contributed by atoms with Crippen LogP contribution in [0.25, 0.3) is 11.5 Å². The van der Waals surface area contributed by atoms with E-state index in [1.807, 2.05) is 0 Å². The fraction of sp³-hybridized carbons (Fsp3) is 0. The van der Waals surface area contributed by atoms with E-state index in [1.165, 1.54) is 18.5 Å². The van der Waals surface area contributed by atoms with E-state index in [4.69, 9.17) is 4.42 Å². The number of rotatable bonds is 2. The molecule has 6 heteroatoms. The Balaban J connectivity index is 2.52. The van der Waals surface area contributed by atoms with Crippen molar-refractivity contribution in [2.75, 3.05) is 0 Å². The Morgan fingerprint density at radius 1 is 1.47 bits per heavy atom. The molecule has 2 aromatic rings. The van der Waals surface area contributed by atoms with Gasteiger partial charge < -0.3 is 4.42 Å². The summed E-state index contributed by atoms with van der Waals surface area (Å²) in [5.74, 6) is -0.659. The zero-order valence-electron chi connectivity index (χ0n) is 7.38. The molecule has 0 aliphatic rings. The molecule has 0 aliphatic heterocycles. The van der Waals surface area contributed by atoms with Gasteiger partial charge in [0.1, 0.15) is 6.26 Å². The molecule has 0 fully saturated rings. The van der Waals surface area contributed by atoms with Crippen LogP contribution in [0.4, 0.5) is 10.1 Å². The van der Waals surface area contributed by atoms with Gasteiger partial charge in [-0.2, -0.15) is 4.39 Å². The van der Waals surface area contributed by atoms with Crippen LogP contribution in [-0.4, -0.2) is 9.91 Å². The molecule has 76 valence electrons. The number of hydrogen-bond acceptors (Lipinski definition) is 4. The Kier molecular flexibility index (Phi) is 2.17. The van der Waals surface area contributed by atoms with Crippen molar-refractivity contribution < 1.29 is 13.7 Å². The van der Waals surface area contributed by atoms with Gasteiger partial charge in [0.25, 0.3) is 0 Å². The lowest BCUT2D eigenvalue weighted by Gasteiger charge is -1.96. The predicted octanol–water partition coefficient (Wildman–Crippen LogP) is 2.39. The quantitative estimate of drug-likeness (QED) is 0.561. The summed E-state index contributed by atoms with van der Waals surface area (Å²) >= 11 is 0. The third-order valence-corrected chi connectivity index (χ3v) is 1.82. The van der Waals surface area contributed by atoms with Crippen LogP contribution < -0.4 is 0 Å². The van der Waals surface area contributed by atoms with Gasteiger partial charge in [0.2, 0.25) is 11.7 Å². The molecule has 15 heavy (non-hydrogen) atoms. The van der Waals surface area contributed by atoms with E-state index in [-0.39, 0.29) is 5.89 Å². The summed E-state index contributed by atoms with van der Waals surface area (Å²) in [4.78, 5) is 13.5. The van der Waals surface area contributed by atoms with E-state index in [1.54, 1.807) is 0 Å². The average molecular weight is 208 g/mol. The molecule has 1 aromatic carbocycles. The maximum Gasteiger partial charge on any atom is 0.305 e. The monoisotopic (exact) mass is 208 g/mol. The molecule has 0 atom stereocenters. The Labute approximate surface area is 83.3 Å². The van der Waals surface area contributed by atoms with Crippen LogP contribution in [0, 0.1) is 15.9 Å². The number of hydrogen-bond donors (Lipinski definition) is 0. The first-order valence-corrected chi connectivity index (χ1v) is 4.02. The minimum atomic E-state index is -0.879. The van der Waals surface area contributed by atoms with Crippen LogP contribution in [0.2, 0.25) is 0 Å². The molecule has 1 aromatic heterocycles. The van der Waals surface area contributed by atoms with Crippen LogP contribution in [0.1, 0.15) is 0 Å². The molecule has 0 bridgehead atoms. The van der Waals surface area contributed by atoms with Crippen molar-refractivity contribution in [1.82, 2.24) is 4.98 Å². The summed E-state index contributed by atoms with van der Waals surface area (Å²) in [5.41, 5.74) is -0.223. The lowest BCUT2D eigenvalue weighted by Crippen LogP contribution is -1.92. The number of nitrogens with zero attached hydrogens (tertiary/aromatic N) is 2. The first kappa shape index (κ1) is 9.32. The SMILES string of the molecule is O=[N+]([O-])c1cc(-c2ncco2)ccc1F. The maximum atomic E-state index is 13.0. The van der Waals surface area contributed by atoms with Gasteiger partial charge in [0.15, 0.2) is 0 Å². The van der Waals surface area contributed by atoms with Crippen molar-refractivity contribution in [2.45, 2.75) is 0 Å². The lowest BCUT2D eigenvalue weighted by molar-refractivity contribution is -0.387. The summed E-state index contributed by atoms with van der Waals surface area (Å²) in [6.07, 6.45) is 2.75. The second-order valence-electron chi connectivity index (χ2n) is 2.76. The third-order valence-electron chi connectivity index (χ3n) is 1.82. The zero-order chi connectivity index (χ0) is 10.8. The van der Waals surface area contributed by atoms with E-state index in [0.717, 1.165) is 12.1 Å². The smallest absolute Gasteiger partial charge is 0.305 e. The van der Waals surface area contributed by atoms with Crippen molar-refractivity contribution >= 4 is 5.69 Å². The van der Waals surface area contributed by atoms with E-state index in [9.17, 15) is 14.5 Å². The predicted molar refractivity (Wildman–Crippen MR) is 48.6 cm³/mol. The Morgan fingerprint density at radius 2 is 2.27 bits per heavy atom. The number of nitro groups is 1. The number of benzene rings is 1.